The van der Waals surface area contributed by atoms with E-state index >= 15 is 0 Å². The fourth-order valence-corrected chi connectivity index (χ4v) is 2.82. The van der Waals surface area contributed by atoms with Gasteiger partial charge in [0.1, 0.15) is 23.1 Å². The Bertz CT molecular complexity index is 752. The van der Waals surface area contributed by atoms with E-state index in [1.165, 1.54) is 6.07 Å². The first-order valence-corrected chi connectivity index (χ1v) is 7.82. The van der Waals surface area contributed by atoms with E-state index in [1.807, 2.05) is 32.0 Å². The summed E-state index contributed by atoms with van der Waals surface area (Å²) in [7, 11) is -4.04. The number of hydrogen-bond acceptors (Lipinski definition) is 3. The van der Waals surface area contributed by atoms with Crippen molar-refractivity contribution < 1.29 is 17.5 Å². The van der Waals surface area contributed by atoms with E-state index in [2.05, 4.69) is 0 Å². The van der Waals surface area contributed by atoms with Gasteiger partial charge in [-0.1, -0.05) is 29.3 Å². The number of benzene rings is 2. The van der Waals surface area contributed by atoms with Crippen molar-refractivity contribution >= 4 is 10.0 Å². The van der Waals surface area contributed by atoms with Crippen LogP contribution in [0.1, 0.15) is 16.7 Å². The molecule has 112 valence electrons. The second kappa shape index (κ2) is 5.83. The first-order chi connectivity index (χ1) is 9.75. The highest BCUT2D eigenvalue weighted by molar-refractivity contribution is 7.89. The molecule has 0 aliphatic carbocycles. The van der Waals surface area contributed by atoms with E-state index in [0.29, 0.717) is 0 Å². The lowest BCUT2D eigenvalue weighted by Gasteiger charge is -2.11. The van der Waals surface area contributed by atoms with E-state index in [4.69, 9.17) is 9.88 Å². The van der Waals surface area contributed by atoms with Crippen molar-refractivity contribution in [1.29, 1.82) is 0 Å². The van der Waals surface area contributed by atoms with Crippen molar-refractivity contribution in [2.24, 2.45) is 5.14 Å². The van der Waals surface area contributed by atoms with Gasteiger partial charge in [0, 0.05) is 0 Å². The molecule has 2 aromatic carbocycles. The molecule has 0 unspecified atom stereocenters. The highest BCUT2D eigenvalue weighted by Crippen LogP contribution is 2.24. The van der Waals surface area contributed by atoms with Crippen LogP contribution in [0.15, 0.2) is 41.3 Å². The minimum absolute atomic E-state index is 0.0399. The minimum atomic E-state index is -4.04. The number of hydrogen-bond donors (Lipinski definition) is 1. The highest BCUT2D eigenvalue weighted by atomic mass is 32.2. The molecule has 2 aromatic rings. The summed E-state index contributed by atoms with van der Waals surface area (Å²) >= 11 is 0. The lowest BCUT2D eigenvalue weighted by atomic mass is 10.1. The number of ether oxygens (including phenoxy) is 1. The molecule has 2 rings (SSSR count). The molecular weight excluding hydrogens is 293 g/mol. The smallest absolute Gasteiger partial charge is 0.241 e. The van der Waals surface area contributed by atoms with Crippen LogP contribution in [0.2, 0.25) is 0 Å². The Labute approximate surface area is 123 Å². The number of sulfonamides is 1. The van der Waals surface area contributed by atoms with Gasteiger partial charge in [-0.25, -0.2) is 17.9 Å². The van der Waals surface area contributed by atoms with E-state index in [0.717, 1.165) is 28.8 Å². The fraction of sp³-hybridized carbons (Fsp3) is 0.200. The van der Waals surface area contributed by atoms with Crippen LogP contribution < -0.4 is 9.88 Å². The van der Waals surface area contributed by atoms with E-state index in [9.17, 15) is 12.8 Å². The fourth-order valence-electron chi connectivity index (χ4n) is 2.14. The van der Waals surface area contributed by atoms with Crippen molar-refractivity contribution in [3.63, 3.8) is 0 Å². The molecule has 0 fully saturated rings. The molecule has 0 aliphatic heterocycles. The Kier molecular flexibility index (Phi) is 4.29. The molecule has 0 aromatic heterocycles. The maximum absolute atomic E-state index is 13.2. The van der Waals surface area contributed by atoms with Crippen LogP contribution in [0.5, 0.6) is 5.75 Å². The monoisotopic (exact) mass is 309 g/mol. The molecule has 0 spiro atoms. The quantitative estimate of drug-likeness (QED) is 0.944. The largest absolute Gasteiger partial charge is 0.487 e. The Balaban J connectivity index is 2.28. The SMILES string of the molecule is Cc1cc(C)cc(COc2ccc(F)cc2S(N)(=O)=O)c1. The molecule has 0 radical (unpaired) electrons. The molecule has 0 saturated carbocycles. The Hall–Kier alpha value is -1.92. The van der Waals surface area contributed by atoms with E-state index < -0.39 is 15.8 Å². The second-order valence-electron chi connectivity index (χ2n) is 4.92. The van der Waals surface area contributed by atoms with Gasteiger partial charge < -0.3 is 4.74 Å². The molecule has 6 heteroatoms. The second-order valence-corrected chi connectivity index (χ2v) is 6.45. The number of rotatable bonds is 4. The van der Waals surface area contributed by atoms with Crippen LogP contribution in [0.4, 0.5) is 4.39 Å². The molecule has 0 atom stereocenters. The first kappa shape index (κ1) is 15.5. The first-order valence-electron chi connectivity index (χ1n) is 6.28. The van der Waals surface area contributed by atoms with Crippen LogP contribution in [0.3, 0.4) is 0 Å². The van der Waals surface area contributed by atoms with Crippen molar-refractivity contribution in [3.8, 4) is 5.75 Å². The van der Waals surface area contributed by atoms with Gasteiger partial charge in [-0.15, -0.1) is 0 Å². The number of halogens is 1. The van der Waals surface area contributed by atoms with Crippen LogP contribution >= 0.6 is 0 Å². The average Bonchev–Trinajstić information content (AvgIpc) is 2.35. The van der Waals surface area contributed by atoms with E-state index in [1.54, 1.807) is 0 Å². The van der Waals surface area contributed by atoms with Crippen molar-refractivity contribution in [2.75, 3.05) is 0 Å². The molecule has 0 saturated heterocycles. The zero-order chi connectivity index (χ0) is 15.6. The van der Waals surface area contributed by atoms with Crippen LogP contribution in [0, 0.1) is 19.7 Å². The lowest BCUT2D eigenvalue weighted by Crippen LogP contribution is -2.14. The third kappa shape index (κ3) is 4.03. The summed E-state index contributed by atoms with van der Waals surface area (Å²) in [6, 6.07) is 9.15. The molecule has 0 aliphatic rings. The third-order valence-corrected chi connectivity index (χ3v) is 3.82. The average molecular weight is 309 g/mol. The highest BCUT2D eigenvalue weighted by Gasteiger charge is 2.16. The van der Waals surface area contributed by atoms with Gasteiger partial charge in [-0.3, -0.25) is 0 Å². The molecule has 0 bridgehead atoms. The molecule has 0 amide bonds. The normalized spacial score (nSPS) is 11.4. The van der Waals surface area contributed by atoms with Crippen molar-refractivity contribution in [2.45, 2.75) is 25.3 Å². The van der Waals surface area contributed by atoms with Gasteiger partial charge in [0.15, 0.2) is 0 Å². The van der Waals surface area contributed by atoms with Crippen LogP contribution in [-0.4, -0.2) is 8.42 Å². The van der Waals surface area contributed by atoms with Gasteiger partial charge in [0.2, 0.25) is 10.0 Å². The molecule has 4 nitrogen and oxygen atoms in total. The van der Waals surface area contributed by atoms with Gasteiger partial charge in [0.05, 0.1) is 0 Å². The summed E-state index contributed by atoms with van der Waals surface area (Å²) in [6.45, 7) is 4.10. The van der Waals surface area contributed by atoms with Crippen LogP contribution in [0.25, 0.3) is 0 Å². The topological polar surface area (TPSA) is 69.4 Å². The molecule has 21 heavy (non-hydrogen) atoms. The third-order valence-electron chi connectivity index (χ3n) is 2.89. The molecule has 0 heterocycles. The summed E-state index contributed by atoms with van der Waals surface area (Å²) in [6.07, 6.45) is 0. The van der Waals surface area contributed by atoms with Gasteiger partial charge in [-0.05, 0) is 37.6 Å². The number of nitrogens with two attached hydrogens (primary N) is 1. The van der Waals surface area contributed by atoms with E-state index in [-0.39, 0.29) is 17.3 Å². The number of aryl methyl sites for hydroxylation is 2. The zero-order valence-electron chi connectivity index (χ0n) is 11.8. The maximum atomic E-state index is 13.2. The summed E-state index contributed by atoms with van der Waals surface area (Å²) in [5, 5.41) is 5.07. The Morgan fingerprint density at radius 1 is 1.10 bits per heavy atom. The summed E-state index contributed by atoms with van der Waals surface area (Å²) in [5.74, 6) is -0.643. The predicted molar refractivity (Wildman–Crippen MR) is 78.0 cm³/mol. The Morgan fingerprint density at radius 3 is 2.29 bits per heavy atom. The maximum Gasteiger partial charge on any atom is 0.241 e. The Morgan fingerprint density at radius 2 is 1.71 bits per heavy atom. The predicted octanol–water partition coefficient (Wildman–Crippen LogP) is 2.67. The molecular formula is C15H16FNO3S. The standard InChI is InChI=1S/C15H16FNO3S/c1-10-5-11(2)7-12(6-10)9-20-14-4-3-13(16)8-15(14)21(17,18)19/h3-8H,9H2,1-2H3,(H2,17,18,19). The van der Waals surface area contributed by atoms with Crippen molar-refractivity contribution in [1.82, 2.24) is 0 Å². The minimum Gasteiger partial charge on any atom is -0.487 e. The van der Waals surface area contributed by atoms with Gasteiger partial charge in [-0.2, -0.15) is 0 Å². The summed E-state index contributed by atoms with van der Waals surface area (Å²) in [4.78, 5) is -0.355. The van der Waals surface area contributed by atoms with Gasteiger partial charge >= 0.3 is 0 Å². The zero-order valence-corrected chi connectivity index (χ0v) is 12.6. The van der Waals surface area contributed by atoms with Crippen molar-refractivity contribution in [3.05, 3.63) is 58.9 Å². The summed E-state index contributed by atoms with van der Waals surface area (Å²) in [5.41, 5.74) is 3.07. The van der Waals surface area contributed by atoms with Gasteiger partial charge in [0.25, 0.3) is 0 Å². The summed E-state index contributed by atoms with van der Waals surface area (Å²) < 4.78 is 41.6. The van der Waals surface area contributed by atoms with Crippen LogP contribution in [-0.2, 0) is 16.6 Å². The lowest BCUT2D eigenvalue weighted by molar-refractivity contribution is 0.297. The molecule has 2 N–H and O–H groups in total. The number of primary sulfonamides is 1.